The van der Waals surface area contributed by atoms with Crippen molar-refractivity contribution in [3.8, 4) is 0 Å². The lowest BCUT2D eigenvalue weighted by Crippen LogP contribution is -2.46. The van der Waals surface area contributed by atoms with Crippen LogP contribution in [0.1, 0.15) is 20.3 Å². The van der Waals surface area contributed by atoms with Crippen LogP contribution in [0, 0.1) is 5.92 Å². The molecule has 0 heterocycles. The summed E-state index contributed by atoms with van der Waals surface area (Å²) in [5.41, 5.74) is 5.50. The molecule has 6 nitrogen and oxygen atoms in total. The normalized spacial score (nSPS) is 16.0. The Bertz CT molecular complexity index is 288. The van der Waals surface area contributed by atoms with E-state index < -0.39 is 22.3 Å². The van der Waals surface area contributed by atoms with E-state index in [1.165, 1.54) is 0 Å². The third kappa shape index (κ3) is 4.03. The van der Waals surface area contributed by atoms with Gasteiger partial charge in [0.25, 0.3) is 5.91 Å². The van der Waals surface area contributed by atoms with Crippen LogP contribution in [-0.2, 0) is 19.3 Å². The molecule has 0 aromatic heterocycles. The Hall–Kier alpha value is -0.660. The van der Waals surface area contributed by atoms with E-state index in [1.807, 2.05) is 6.92 Å². The van der Waals surface area contributed by atoms with Crippen LogP contribution in [0.4, 0.5) is 0 Å². The van der Waals surface area contributed by atoms with Gasteiger partial charge in [-0.05, 0) is 5.92 Å². The molecule has 2 atom stereocenters. The molecule has 84 valence electrons. The van der Waals surface area contributed by atoms with Gasteiger partial charge in [-0.15, -0.1) is 0 Å². The number of carbonyl (C=O) groups is 1. The van der Waals surface area contributed by atoms with Gasteiger partial charge in [0, 0.05) is 0 Å². The fourth-order valence-corrected chi connectivity index (χ4v) is 1.21. The van der Waals surface area contributed by atoms with Gasteiger partial charge in [0.15, 0.2) is 0 Å². The SMILES string of the molecule is CC[C@@H](C)[C@H](N)C(=O)NS(=O)(=O)OC. The Morgan fingerprint density at radius 3 is 2.43 bits per heavy atom. The molecule has 0 saturated carbocycles. The highest BCUT2D eigenvalue weighted by molar-refractivity contribution is 7.85. The maximum absolute atomic E-state index is 11.2. The summed E-state index contributed by atoms with van der Waals surface area (Å²) in [4.78, 5) is 11.2. The molecular weight excluding hydrogens is 208 g/mol. The van der Waals surface area contributed by atoms with Crippen LogP contribution in [0.25, 0.3) is 0 Å². The van der Waals surface area contributed by atoms with Crippen molar-refractivity contribution in [2.75, 3.05) is 7.11 Å². The van der Waals surface area contributed by atoms with E-state index in [4.69, 9.17) is 5.73 Å². The molecule has 0 aromatic carbocycles. The minimum atomic E-state index is -3.99. The van der Waals surface area contributed by atoms with Gasteiger partial charge in [-0.2, -0.15) is 8.42 Å². The van der Waals surface area contributed by atoms with Gasteiger partial charge < -0.3 is 5.73 Å². The molecule has 0 spiro atoms. The first-order valence-corrected chi connectivity index (χ1v) is 5.62. The number of nitrogens with one attached hydrogen (secondary N) is 1. The summed E-state index contributed by atoms with van der Waals surface area (Å²) in [6.45, 7) is 3.63. The number of hydrogen-bond acceptors (Lipinski definition) is 5. The maximum Gasteiger partial charge on any atom is 0.361 e. The molecule has 0 radical (unpaired) electrons. The Balaban J connectivity index is 4.36. The maximum atomic E-state index is 11.2. The van der Waals surface area contributed by atoms with Crippen LogP contribution in [-0.4, -0.2) is 27.5 Å². The summed E-state index contributed by atoms with van der Waals surface area (Å²) in [7, 11) is -3.02. The molecule has 0 bridgehead atoms. The predicted octanol–water partition coefficient (Wildman–Crippen LogP) is -0.633. The van der Waals surface area contributed by atoms with Crippen LogP contribution in [0.3, 0.4) is 0 Å². The average molecular weight is 224 g/mol. The second-order valence-electron chi connectivity index (χ2n) is 3.00. The van der Waals surface area contributed by atoms with Gasteiger partial charge in [-0.3, -0.25) is 8.98 Å². The Labute approximate surface area is 84.1 Å². The fourth-order valence-electron chi connectivity index (χ4n) is 0.745. The summed E-state index contributed by atoms with van der Waals surface area (Å²) < 4.78 is 27.4. The summed E-state index contributed by atoms with van der Waals surface area (Å²) in [6, 6.07) is -0.843. The first-order chi connectivity index (χ1) is 6.34. The van der Waals surface area contributed by atoms with Crippen LogP contribution in [0.15, 0.2) is 0 Å². The lowest BCUT2D eigenvalue weighted by molar-refractivity contribution is -0.121. The Kier molecular flexibility index (Phi) is 5.03. The molecule has 0 unspecified atom stereocenters. The quantitative estimate of drug-likeness (QED) is 0.647. The van der Waals surface area contributed by atoms with Gasteiger partial charge in [-0.1, -0.05) is 20.3 Å². The summed E-state index contributed by atoms with van der Waals surface area (Å²) in [5, 5.41) is 0. The molecule has 0 rings (SSSR count). The summed E-state index contributed by atoms with van der Waals surface area (Å²) in [6.07, 6.45) is 0.696. The van der Waals surface area contributed by atoms with Crippen molar-refractivity contribution in [1.82, 2.24) is 4.72 Å². The fraction of sp³-hybridized carbons (Fsp3) is 0.857. The Morgan fingerprint density at radius 2 is 2.07 bits per heavy atom. The molecule has 14 heavy (non-hydrogen) atoms. The molecule has 3 N–H and O–H groups in total. The minimum Gasteiger partial charge on any atom is -0.320 e. The third-order valence-electron chi connectivity index (χ3n) is 2.00. The highest BCUT2D eigenvalue weighted by Gasteiger charge is 2.23. The van der Waals surface area contributed by atoms with Gasteiger partial charge >= 0.3 is 10.3 Å². The standard InChI is InChI=1S/C7H16N2O4S/c1-4-5(2)6(8)7(10)9-14(11,12)13-3/h5-6H,4,8H2,1-3H3,(H,9,10)/t5-,6+/m1/s1. The van der Waals surface area contributed by atoms with E-state index >= 15 is 0 Å². The zero-order chi connectivity index (χ0) is 11.4. The number of nitrogens with two attached hydrogens (primary N) is 1. The highest BCUT2D eigenvalue weighted by atomic mass is 32.2. The lowest BCUT2D eigenvalue weighted by Gasteiger charge is -2.16. The number of hydrogen-bond donors (Lipinski definition) is 2. The molecule has 0 aliphatic heterocycles. The predicted molar refractivity (Wildman–Crippen MR) is 51.5 cm³/mol. The zero-order valence-electron chi connectivity index (χ0n) is 8.48. The van der Waals surface area contributed by atoms with E-state index in [1.54, 1.807) is 11.6 Å². The monoisotopic (exact) mass is 224 g/mol. The van der Waals surface area contributed by atoms with Gasteiger partial charge in [0.05, 0.1) is 13.2 Å². The van der Waals surface area contributed by atoms with Gasteiger partial charge in [0.2, 0.25) is 0 Å². The van der Waals surface area contributed by atoms with Crippen LogP contribution in [0.5, 0.6) is 0 Å². The zero-order valence-corrected chi connectivity index (χ0v) is 9.30. The van der Waals surface area contributed by atoms with Crippen molar-refractivity contribution >= 4 is 16.2 Å². The summed E-state index contributed by atoms with van der Waals surface area (Å²) in [5.74, 6) is -0.830. The first-order valence-electron chi connectivity index (χ1n) is 4.21. The molecular formula is C7H16N2O4S. The van der Waals surface area contributed by atoms with Gasteiger partial charge in [0.1, 0.15) is 0 Å². The largest absolute Gasteiger partial charge is 0.361 e. The molecule has 7 heteroatoms. The van der Waals surface area contributed by atoms with Crippen molar-refractivity contribution < 1.29 is 17.4 Å². The van der Waals surface area contributed by atoms with E-state index in [-0.39, 0.29) is 5.92 Å². The second-order valence-corrected chi connectivity index (χ2v) is 4.44. The molecule has 0 aromatic rings. The van der Waals surface area contributed by atoms with Gasteiger partial charge in [-0.25, -0.2) is 4.72 Å². The third-order valence-corrected chi connectivity index (χ3v) is 2.89. The molecule has 1 amide bonds. The van der Waals surface area contributed by atoms with Crippen molar-refractivity contribution in [2.45, 2.75) is 26.3 Å². The van der Waals surface area contributed by atoms with Crippen LogP contribution < -0.4 is 10.5 Å². The number of amides is 1. The van der Waals surface area contributed by atoms with Crippen molar-refractivity contribution in [1.29, 1.82) is 0 Å². The molecule has 0 saturated heterocycles. The molecule has 0 aliphatic rings. The molecule has 0 aliphatic carbocycles. The van der Waals surface area contributed by atoms with E-state index in [0.717, 1.165) is 7.11 Å². The average Bonchev–Trinajstić information content (AvgIpc) is 2.14. The van der Waals surface area contributed by atoms with Crippen LogP contribution in [0.2, 0.25) is 0 Å². The first kappa shape index (κ1) is 13.3. The van der Waals surface area contributed by atoms with E-state index in [0.29, 0.717) is 6.42 Å². The highest BCUT2D eigenvalue weighted by Crippen LogP contribution is 2.05. The smallest absolute Gasteiger partial charge is 0.320 e. The van der Waals surface area contributed by atoms with Crippen molar-refractivity contribution in [3.05, 3.63) is 0 Å². The lowest BCUT2D eigenvalue weighted by atomic mass is 10.00. The second kappa shape index (κ2) is 5.28. The molecule has 0 fully saturated rings. The van der Waals surface area contributed by atoms with Crippen LogP contribution >= 0.6 is 0 Å². The number of rotatable bonds is 5. The summed E-state index contributed by atoms with van der Waals surface area (Å²) >= 11 is 0. The van der Waals surface area contributed by atoms with E-state index in [9.17, 15) is 13.2 Å². The van der Waals surface area contributed by atoms with E-state index in [2.05, 4.69) is 4.18 Å². The topological polar surface area (TPSA) is 98.5 Å². The Morgan fingerprint density at radius 1 is 1.57 bits per heavy atom. The minimum absolute atomic E-state index is 0.0814. The van der Waals surface area contributed by atoms with Crippen molar-refractivity contribution in [3.63, 3.8) is 0 Å². The van der Waals surface area contributed by atoms with Crippen molar-refractivity contribution in [2.24, 2.45) is 11.7 Å². The number of carbonyl (C=O) groups excluding carboxylic acids is 1.